The van der Waals surface area contributed by atoms with Gasteiger partial charge in [0, 0.05) is 17.0 Å². The van der Waals surface area contributed by atoms with Crippen LogP contribution in [0.15, 0.2) is 18.2 Å². The fourth-order valence-electron chi connectivity index (χ4n) is 2.08. The molecule has 0 spiro atoms. The SMILES string of the molecule is COc1ccc(OC)c(C(C)(CC(=O)O)C(C)N)c1. The van der Waals surface area contributed by atoms with Gasteiger partial charge in [0.2, 0.25) is 0 Å². The van der Waals surface area contributed by atoms with E-state index in [1.165, 1.54) is 0 Å². The molecule has 0 aromatic heterocycles. The van der Waals surface area contributed by atoms with Gasteiger partial charge in [0.15, 0.2) is 0 Å². The average molecular weight is 267 g/mol. The molecule has 106 valence electrons. The van der Waals surface area contributed by atoms with Gasteiger partial charge < -0.3 is 20.3 Å². The third-order valence-corrected chi connectivity index (χ3v) is 3.55. The summed E-state index contributed by atoms with van der Waals surface area (Å²) in [6, 6.07) is 4.97. The van der Waals surface area contributed by atoms with Gasteiger partial charge in [-0.2, -0.15) is 0 Å². The van der Waals surface area contributed by atoms with Crippen LogP contribution in [0, 0.1) is 0 Å². The number of methoxy groups -OCH3 is 2. The predicted molar refractivity (Wildman–Crippen MR) is 72.8 cm³/mol. The van der Waals surface area contributed by atoms with Gasteiger partial charge in [0.05, 0.1) is 20.6 Å². The maximum absolute atomic E-state index is 11.1. The first-order valence-corrected chi connectivity index (χ1v) is 6.05. The maximum atomic E-state index is 11.1. The van der Waals surface area contributed by atoms with Gasteiger partial charge >= 0.3 is 5.97 Å². The molecule has 0 heterocycles. The van der Waals surface area contributed by atoms with E-state index in [9.17, 15) is 4.79 Å². The smallest absolute Gasteiger partial charge is 0.304 e. The van der Waals surface area contributed by atoms with E-state index in [0.29, 0.717) is 11.5 Å². The first kappa shape index (κ1) is 15.3. The first-order valence-electron chi connectivity index (χ1n) is 6.05. The Kier molecular flexibility index (Phi) is 4.78. The second kappa shape index (κ2) is 5.93. The van der Waals surface area contributed by atoms with Crippen LogP contribution in [0.2, 0.25) is 0 Å². The van der Waals surface area contributed by atoms with Crippen molar-refractivity contribution < 1.29 is 19.4 Å². The molecule has 0 bridgehead atoms. The van der Waals surface area contributed by atoms with Crippen molar-refractivity contribution in [2.24, 2.45) is 5.73 Å². The van der Waals surface area contributed by atoms with Crippen molar-refractivity contribution in [3.63, 3.8) is 0 Å². The summed E-state index contributed by atoms with van der Waals surface area (Å²) >= 11 is 0. The van der Waals surface area contributed by atoms with Crippen LogP contribution in [0.25, 0.3) is 0 Å². The van der Waals surface area contributed by atoms with Crippen LogP contribution in [0.3, 0.4) is 0 Å². The molecule has 0 fully saturated rings. The number of rotatable bonds is 6. The summed E-state index contributed by atoms with van der Waals surface area (Å²) in [7, 11) is 3.11. The van der Waals surface area contributed by atoms with Crippen LogP contribution in [-0.4, -0.2) is 31.3 Å². The zero-order valence-electron chi connectivity index (χ0n) is 11.8. The van der Waals surface area contributed by atoms with E-state index in [0.717, 1.165) is 5.56 Å². The van der Waals surface area contributed by atoms with Crippen molar-refractivity contribution >= 4 is 5.97 Å². The van der Waals surface area contributed by atoms with E-state index in [2.05, 4.69) is 0 Å². The quantitative estimate of drug-likeness (QED) is 0.821. The predicted octanol–water partition coefficient (Wildman–Crippen LogP) is 1.78. The molecular weight excluding hydrogens is 246 g/mol. The Hall–Kier alpha value is -1.75. The molecule has 3 N–H and O–H groups in total. The summed E-state index contributed by atoms with van der Waals surface area (Å²) in [5.41, 5.74) is 6.02. The van der Waals surface area contributed by atoms with Gasteiger partial charge in [-0.25, -0.2) is 0 Å². The maximum Gasteiger partial charge on any atom is 0.304 e. The zero-order chi connectivity index (χ0) is 14.6. The van der Waals surface area contributed by atoms with Crippen molar-refractivity contribution in [2.45, 2.75) is 31.7 Å². The number of carbonyl (C=O) groups is 1. The monoisotopic (exact) mass is 267 g/mol. The van der Waals surface area contributed by atoms with Crippen molar-refractivity contribution in [2.75, 3.05) is 14.2 Å². The van der Waals surface area contributed by atoms with Gasteiger partial charge in [-0.15, -0.1) is 0 Å². The average Bonchev–Trinajstić information content (AvgIpc) is 2.36. The zero-order valence-corrected chi connectivity index (χ0v) is 11.8. The van der Waals surface area contributed by atoms with E-state index in [4.69, 9.17) is 20.3 Å². The van der Waals surface area contributed by atoms with Crippen molar-refractivity contribution in [3.05, 3.63) is 23.8 Å². The van der Waals surface area contributed by atoms with Crippen LogP contribution in [0.4, 0.5) is 0 Å². The molecular formula is C14H21NO4. The lowest BCUT2D eigenvalue weighted by Crippen LogP contribution is -2.42. The standard InChI is InChI=1S/C14H21NO4/c1-9(15)14(2,8-13(16)17)11-7-10(18-3)5-6-12(11)19-4/h5-7,9H,8,15H2,1-4H3,(H,16,17). The summed E-state index contributed by atoms with van der Waals surface area (Å²) < 4.78 is 10.5. The number of aliphatic carboxylic acids is 1. The molecule has 0 saturated heterocycles. The molecule has 2 atom stereocenters. The van der Waals surface area contributed by atoms with E-state index < -0.39 is 11.4 Å². The topological polar surface area (TPSA) is 81.8 Å². The minimum absolute atomic E-state index is 0.0752. The molecule has 1 rings (SSSR count). The summed E-state index contributed by atoms with van der Waals surface area (Å²) in [6.45, 7) is 3.62. The molecule has 0 aliphatic rings. The van der Waals surface area contributed by atoms with E-state index >= 15 is 0 Å². The number of hydrogen-bond acceptors (Lipinski definition) is 4. The fraction of sp³-hybridized carbons (Fsp3) is 0.500. The minimum Gasteiger partial charge on any atom is -0.497 e. The summed E-state index contributed by atoms with van der Waals surface area (Å²) in [5.74, 6) is 0.361. The number of benzene rings is 1. The number of hydrogen-bond donors (Lipinski definition) is 2. The largest absolute Gasteiger partial charge is 0.497 e. The summed E-state index contributed by atoms with van der Waals surface area (Å²) in [6.07, 6.45) is -0.0752. The molecule has 2 unspecified atom stereocenters. The van der Waals surface area contributed by atoms with Crippen LogP contribution < -0.4 is 15.2 Å². The van der Waals surface area contributed by atoms with Gasteiger partial charge in [-0.05, 0) is 25.1 Å². The molecule has 0 saturated carbocycles. The Bertz CT molecular complexity index is 459. The highest BCUT2D eigenvalue weighted by molar-refractivity contribution is 5.70. The molecule has 1 aromatic rings. The lowest BCUT2D eigenvalue weighted by Gasteiger charge is -2.34. The third-order valence-electron chi connectivity index (χ3n) is 3.55. The van der Waals surface area contributed by atoms with Crippen molar-refractivity contribution in [3.8, 4) is 11.5 Å². The molecule has 0 aliphatic carbocycles. The second-order valence-electron chi connectivity index (χ2n) is 4.84. The third kappa shape index (κ3) is 3.17. The fourth-order valence-corrected chi connectivity index (χ4v) is 2.08. The normalized spacial score (nSPS) is 15.4. The lowest BCUT2D eigenvalue weighted by atomic mass is 9.73. The molecule has 0 radical (unpaired) electrons. The minimum atomic E-state index is -0.898. The molecule has 0 amide bonds. The number of carboxylic acids is 1. The van der Waals surface area contributed by atoms with Gasteiger partial charge in [0.1, 0.15) is 11.5 Å². The molecule has 0 aliphatic heterocycles. The number of nitrogens with two attached hydrogens (primary N) is 1. The molecule has 5 nitrogen and oxygen atoms in total. The molecule has 5 heteroatoms. The van der Waals surface area contributed by atoms with E-state index in [-0.39, 0.29) is 12.5 Å². The Morgan fingerprint density at radius 2 is 2.05 bits per heavy atom. The number of ether oxygens (including phenoxy) is 2. The van der Waals surface area contributed by atoms with Crippen molar-refractivity contribution in [1.29, 1.82) is 0 Å². The second-order valence-corrected chi connectivity index (χ2v) is 4.84. The van der Waals surface area contributed by atoms with Gasteiger partial charge in [-0.1, -0.05) is 6.92 Å². The number of carboxylic acid groups (broad SMARTS) is 1. The summed E-state index contributed by atoms with van der Waals surface area (Å²) in [4.78, 5) is 11.1. The van der Waals surface area contributed by atoms with Crippen LogP contribution >= 0.6 is 0 Å². The Morgan fingerprint density at radius 1 is 1.42 bits per heavy atom. The molecule has 19 heavy (non-hydrogen) atoms. The Balaban J connectivity index is 3.39. The molecule has 1 aromatic carbocycles. The van der Waals surface area contributed by atoms with Gasteiger partial charge in [0.25, 0.3) is 0 Å². The van der Waals surface area contributed by atoms with Crippen LogP contribution in [0.5, 0.6) is 11.5 Å². The lowest BCUT2D eigenvalue weighted by molar-refractivity contribution is -0.138. The van der Waals surface area contributed by atoms with Crippen LogP contribution in [0.1, 0.15) is 25.8 Å². The Morgan fingerprint density at radius 3 is 2.47 bits per heavy atom. The highest BCUT2D eigenvalue weighted by Gasteiger charge is 2.36. The van der Waals surface area contributed by atoms with Gasteiger partial charge in [-0.3, -0.25) is 4.79 Å². The van der Waals surface area contributed by atoms with E-state index in [1.54, 1.807) is 39.3 Å². The van der Waals surface area contributed by atoms with E-state index in [1.807, 2.05) is 6.92 Å². The highest BCUT2D eigenvalue weighted by atomic mass is 16.5. The van der Waals surface area contributed by atoms with Crippen LogP contribution in [-0.2, 0) is 10.2 Å². The Labute approximate surface area is 113 Å². The first-order chi connectivity index (χ1) is 8.85. The van der Waals surface area contributed by atoms with Crippen molar-refractivity contribution in [1.82, 2.24) is 0 Å². The highest BCUT2D eigenvalue weighted by Crippen LogP contribution is 2.38. The summed E-state index contributed by atoms with van der Waals surface area (Å²) in [5, 5.41) is 9.12.